The smallest absolute Gasteiger partial charge is 0.187 e. The minimum Gasteiger partial charge on any atom is -0.495 e. The van der Waals surface area contributed by atoms with Crippen LogP contribution in [0.2, 0.25) is 10.0 Å². The van der Waals surface area contributed by atoms with Crippen molar-refractivity contribution in [2.75, 3.05) is 44.0 Å². The molecule has 0 unspecified atom stereocenters. The summed E-state index contributed by atoms with van der Waals surface area (Å²) in [4.78, 5) is 6.71. The number of aromatic nitrogens is 1. The van der Waals surface area contributed by atoms with E-state index in [1.807, 2.05) is 5.38 Å². The minimum atomic E-state index is 0.468. The Labute approximate surface area is 189 Å². The van der Waals surface area contributed by atoms with Gasteiger partial charge in [-0.1, -0.05) is 29.3 Å². The topological polar surface area (TPSA) is 58.7 Å². The van der Waals surface area contributed by atoms with Gasteiger partial charge in [0.2, 0.25) is 0 Å². The lowest BCUT2D eigenvalue weighted by Crippen LogP contribution is -2.35. The fourth-order valence-electron chi connectivity index (χ4n) is 3.25. The highest BCUT2D eigenvalue weighted by atomic mass is 35.5. The number of thiazole rings is 1. The van der Waals surface area contributed by atoms with Crippen molar-refractivity contribution in [3.8, 4) is 5.75 Å². The molecular formula is C21H22Cl2N4O2S. The van der Waals surface area contributed by atoms with Crippen molar-refractivity contribution in [2.45, 2.75) is 6.54 Å². The molecule has 2 heterocycles. The van der Waals surface area contributed by atoms with E-state index in [2.05, 4.69) is 38.7 Å². The summed E-state index contributed by atoms with van der Waals surface area (Å²) < 4.78 is 10.8. The van der Waals surface area contributed by atoms with Gasteiger partial charge in [0.25, 0.3) is 0 Å². The van der Waals surface area contributed by atoms with E-state index >= 15 is 0 Å². The monoisotopic (exact) mass is 464 g/mol. The second kappa shape index (κ2) is 9.85. The van der Waals surface area contributed by atoms with Crippen molar-refractivity contribution >= 4 is 56.7 Å². The molecule has 1 fully saturated rings. The lowest BCUT2D eigenvalue weighted by atomic mass is 10.1. The highest BCUT2D eigenvalue weighted by Gasteiger charge is 2.14. The lowest BCUT2D eigenvalue weighted by Gasteiger charge is -2.27. The summed E-state index contributed by atoms with van der Waals surface area (Å²) >= 11 is 14.2. The van der Waals surface area contributed by atoms with Gasteiger partial charge in [-0.3, -0.25) is 4.90 Å². The van der Waals surface area contributed by atoms with Gasteiger partial charge in [0.1, 0.15) is 5.75 Å². The van der Waals surface area contributed by atoms with Crippen LogP contribution >= 0.6 is 34.5 Å². The first-order chi connectivity index (χ1) is 14.6. The second-order valence-corrected chi connectivity index (χ2v) is 8.53. The Hall–Kier alpha value is -2.03. The predicted molar refractivity (Wildman–Crippen MR) is 124 cm³/mol. The van der Waals surface area contributed by atoms with Gasteiger partial charge in [0, 0.05) is 37.3 Å². The molecule has 0 atom stereocenters. The van der Waals surface area contributed by atoms with Crippen LogP contribution in [0.15, 0.2) is 41.9 Å². The van der Waals surface area contributed by atoms with E-state index in [1.54, 1.807) is 36.8 Å². The molecule has 30 heavy (non-hydrogen) atoms. The van der Waals surface area contributed by atoms with E-state index in [9.17, 15) is 0 Å². The highest BCUT2D eigenvalue weighted by molar-refractivity contribution is 7.13. The van der Waals surface area contributed by atoms with Gasteiger partial charge in [-0.05, 0) is 23.8 Å². The van der Waals surface area contributed by atoms with E-state index < -0.39 is 0 Å². The minimum absolute atomic E-state index is 0.468. The van der Waals surface area contributed by atoms with Crippen LogP contribution in [0.5, 0.6) is 5.75 Å². The molecule has 1 aliphatic heterocycles. The average Bonchev–Trinajstić information content (AvgIpc) is 3.26. The predicted octanol–water partition coefficient (Wildman–Crippen LogP) is 5.78. The summed E-state index contributed by atoms with van der Waals surface area (Å²) in [5, 5.41) is 10.5. The molecule has 1 aliphatic rings. The van der Waals surface area contributed by atoms with Gasteiger partial charge in [0.15, 0.2) is 5.13 Å². The lowest BCUT2D eigenvalue weighted by molar-refractivity contribution is 0.0342. The molecule has 0 bridgehead atoms. The number of rotatable bonds is 7. The maximum absolute atomic E-state index is 6.44. The van der Waals surface area contributed by atoms with Crippen LogP contribution in [0.1, 0.15) is 5.56 Å². The first kappa shape index (κ1) is 21.2. The number of hydrogen-bond donors (Lipinski definition) is 2. The van der Waals surface area contributed by atoms with Crippen molar-refractivity contribution in [3.63, 3.8) is 0 Å². The van der Waals surface area contributed by atoms with E-state index in [-0.39, 0.29) is 0 Å². The van der Waals surface area contributed by atoms with E-state index in [4.69, 9.17) is 32.7 Å². The number of hydrogen-bond acceptors (Lipinski definition) is 7. The summed E-state index contributed by atoms with van der Waals surface area (Å²) in [7, 11) is 1.58. The first-order valence-corrected chi connectivity index (χ1v) is 11.2. The summed E-state index contributed by atoms with van der Waals surface area (Å²) in [6.45, 7) is 4.27. The molecule has 3 aromatic rings. The Bertz CT molecular complexity index is 995. The third kappa shape index (κ3) is 5.17. The van der Waals surface area contributed by atoms with E-state index in [0.717, 1.165) is 49.4 Å². The molecule has 0 radical (unpaired) electrons. The Morgan fingerprint density at radius 2 is 1.90 bits per heavy atom. The van der Waals surface area contributed by atoms with Crippen molar-refractivity contribution in [1.82, 2.24) is 9.88 Å². The number of methoxy groups -OCH3 is 1. The van der Waals surface area contributed by atoms with Gasteiger partial charge in [-0.15, -0.1) is 11.3 Å². The number of nitrogens with zero attached hydrogens (tertiary/aromatic N) is 2. The fraction of sp³-hybridized carbons (Fsp3) is 0.286. The molecular weight excluding hydrogens is 443 g/mol. The number of nitrogens with one attached hydrogen (secondary N) is 2. The molecule has 1 saturated heterocycles. The zero-order valence-corrected chi connectivity index (χ0v) is 18.8. The van der Waals surface area contributed by atoms with E-state index in [1.165, 1.54) is 5.56 Å². The Morgan fingerprint density at radius 1 is 1.07 bits per heavy atom. The third-order valence-electron chi connectivity index (χ3n) is 4.78. The van der Waals surface area contributed by atoms with Crippen LogP contribution < -0.4 is 15.4 Å². The van der Waals surface area contributed by atoms with Gasteiger partial charge in [-0.25, -0.2) is 4.98 Å². The number of morpholine rings is 1. The quantitative estimate of drug-likeness (QED) is 0.462. The van der Waals surface area contributed by atoms with Crippen LogP contribution in [0, 0.1) is 0 Å². The zero-order valence-electron chi connectivity index (χ0n) is 16.5. The number of benzene rings is 2. The molecule has 2 N–H and O–H groups in total. The normalized spacial score (nSPS) is 14.5. The number of anilines is 4. The Balaban J connectivity index is 1.64. The van der Waals surface area contributed by atoms with Crippen molar-refractivity contribution in [2.24, 2.45) is 0 Å². The van der Waals surface area contributed by atoms with Gasteiger partial charge in [-0.2, -0.15) is 0 Å². The molecule has 1 aromatic heterocycles. The molecule has 2 aromatic carbocycles. The van der Waals surface area contributed by atoms with Crippen molar-refractivity contribution in [1.29, 1.82) is 0 Å². The average molecular weight is 465 g/mol. The van der Waals surface area contributed by atoms with Crippen LogP contribution in [-0.2, 0) is 11.3 Å². The largest absolute Gasteiger partial charge is 0.495 e. The molecule has 4 rings (SSSR count). The van der Waals surface area contributed by atoms with Crippen molar-refractivity contribution in [3.05, 3.63) is 57.5 Å². The summed E-state index contributed by atoms with van der Waals surface area (Å²) in [6, 6.07) is 9.78. The molecule has 0 aliphatic carbocycles. The number of ether oxygens (including phenoxy) is 2. The molecule has 158 valence electrons. The molecule has 0 saturated carbocycles. The Kier molecular flexibility index (Phi) is 6.97. The van der Waals surface area contributed by atoms with Crippen LogP contribution in [0.4, 0.5) is 22.2 Å². The summed E-state index contributed by atoms with van der Waals surface area (Å²) in [5.74, 6) is 0.558. The molecule has 9 heteroatoms. The summed E-state index contributed by atoms with van der Waals surface area (Å²) in [6.07, 6.45) is 1.77. The Morgan fingerprint density at radius 3 is 2.63 bits per heavy atom. The second-order valence-electron chi connectivity index (χ2n) is 6.82. The molecule has 0 spiro atoms. The molecule has 6 nitrogen and oxygen atoms in total. The van der Waals surface area contributed by atoms with Gasteiger partial charge in [0.05, 0.1) is 47.4 Å². The van der Waals surface area contributed by atoms with Crippen LogP contribution in [0.3, 0.4) is 0 Å². The van der Waals surface area contributed by atoms with Crippen LogP contribution in [0.25, 0.3) is 0 Å². The van der Waals surface area contributed by atoms with Gasteiger partial charge < -0.3 is 20.1 Å². The zero-order chi connectivity index (χ0) is 20.9. The maximum atomic E-state index is 6.44. The van der Waals surface area contributed by atoms with E-state index in [0.29, 0.717) is 21.5 Å². The van der Waals surface area contributed by atoms with Gasteiger partial charge >= 0.3 is 0 Å². The number of halogens is 2. The maximum Gasteiger partial charge on any atom is 0.187 e. The summed E-state index contributed by atoms with van der Waals surface area (Å²) in [5.41, 5.74) is 3.70. The first-order valence-electron chi connectivity index (χ1n) is 9.52. The fourth-order valence-corrected chi connectivity index (χ4v) is 4.30. The SMILES string of the molecule is COc1cc(Nc2cc(CN3CCOCC3)ccc2Nc2nccs2)c(Cl)cc1Cl. The highest BCUT2D eigenvalue weighted by Crippen LogP contribution is 2.38. The third-order valence-corrected chi connectivity index (χ3v) is 6.08. The van der Waals surface area contributed by atoms with Crippen molar-refractivity contribution < 1.29 is 9.47 Å². The standard InChI is InChI=1S/C21H22Cl2N4O2S/c1-28-20-12-18(15(22)11-16(20)23)25-19-10-14(13-27-5-7-29-8-6-27)2-3-17(19)26-21-24-4-9-30-21/h2-4,9-12,25H,5-8,13H2,1H3,(H,24,26). The van der Waals surface area contributed by atoms with Crippen LogP contribution in [-0.4, -0.2) is 43.3 Å². The molecule has 0 amide bonds.